The van der Waals surface area contributed by atoms with Gasteiger partial charge in [0.15, 0.2) is 0 Å². The first-order chi connectivity index (χ1) is 10.2. The molecule has 1 N–H and O–H groups in total. The van der Waals surface area contributed by atoms with Crippen LogP contribution < -0.4 is 5.32 Å². The second-order valence-electron chi connectivity index (χ2n) is 4.78. The molecular formula is C12H14N6O2S. The van der Waals surface area contributed by atoms with Gasteiger partial charge in [-0.3, -0.25) is 10.1 Å². The highest BCUT2D eigenvalue weighted by Gasteiger charge is 2.27. The molecule has 0 bridgehead atoms. The van der Waals surface area contributed by atoms with Gasteiger partial charge in [0, 0.05) is 18.9 Å². The summed E-state index contributed by atoms with van der Waals surface area (Å²) in [7, 11) is 1.67. The van der Waals surface area contributed by atoms with Gasteiger partial charge in [-0.2, -0.15) is 0 Å². The Morgan fingerprint density at radius 2 is 2.33 bits per heavy atom. The molecule has 0 amide bonds. The number of aromatic nitrogens is 4. The molecule has 0 spiro atoms. The highest BCUT2D eigenvalue weighted by atomic mass is 32.2. The van der Waals surface area contributed by atoms with Crippen LogP contribution in [-0.4, -0.2) is 32.2 Å². The Morgan fingerprint density at radius 3 is 3.00 bits per heavy atom. The van der Waals surface area contributed by atoms with Gasteiger partial charge < -0.3 is 5.32 Å². The normalized spacial score (nSPS) is 14.1. The van der Waals surface area contributed by atoms with Crippen LogP contribution >= 0.6 is 11.8 Å². The summed E-state index contributed by atoms with van der Waals surface area (Å²) in [6.07, 6.45) is 2.22. The fraction of sp³-hybridized carbons (Fsp3) is 0.417. The van der Waals surface area contributed by atoms with E-state index in [1.807, 2.05) is 10.7 Å². The van der Waals surface area contributed by atoms with E-state index in [0.717, 1.165) is 23.6 Å². The number of rotatable bonds is 6. The Bertz CT molecular complexity index is 670. The largest absolute Gasteiger partial charge is 0.383 e. The second kappa shape index (κ2) is 5.68. The highest BCUT2D eigenvalue weighted by Crippen LogP contribution is 2.37. The lowest BCUT2D eigenvalue weighted by molar-refractivity contribution is -0.384. The van der Waals surface area contributed by atoms with E-state index in [9.17, 15) is 10.1 Å². The van der Waals surface area contributed by atoms with E-state index in [1.165, 1.54) is 11.8 Å². The first-order valence-corrected chi connectivity index (χ1v) is 7.53. The van der Waals surface area contributed by atoms with Crippen molar-refractivity contribution in [2.24, 2.45) is 0 Å². The molecule has 8 nitrogen and oxygen atoms in total. The predicted octanol–water partition coefficient (Wildman–Crippen LogP) is 2.25. The van der Waals surface area contributed by atoms with E-state index in [2.05, 4.69) is 20.8 Å². The molecular weight excluding hydrogens is 292 g/mol. The van der Waals surface area contributed by atoms with Gasteiger partial charge in [-0.05, 0) is 34.9 Å². The van der Waals surface area contributed by atoms with Crippen LogP contribution in [0, 0.1) is 10.1 Å². The Morgan fingerprint density at radius 1 is 1.52 bits per heavy atom. The van der Waals surface area contributed by atoms with Gasteiger partial charge in [-0.25, -0.2) is 4.68 Å². The molecule has 21 heavy (non-hydrogen) atoms. The van der Waals surface area contributed by atoms with Gasteiger partial charge in [0.25, 0.3) is 5.69 Å². The van der Waals surface area contributed by atoms with Crippen molar-refractivity contribution in [1.29, 1.82) is 0 Å². The zero-order chi connectivity index (χ0) is 14.8. The summed E-state index contributed by atoms with van der Waals surface area (Å²) in [5.41, 5.74) is 1.46. The third-order valence-electron chi connectivity index (χ3n) is 3.25. The minimum absolute atomic E-state index is 0.0809. The van der Waals surface area contributed by atoms with Gasteiger partial charge in [-0.1, -0.05) is 17.8 Å². The number of nitro benzene ring substituents is 1. The van der Waals surface area contributed by atoms with E-state index in [4.69, 9.17) is 0 Å². The average Bonchev–Trinajstić information content (AvgIpc) is 3.23. The van der Waals surface area contributed by atoms with Gasteiger partial charge in [-0.15, -0.1) is 5.10 Å². The number of nitrogens with one attached hydrogen (secondary N) is 1. The van der Waals surface area contributed by atoms with Crippen LogP contribution in [0.3, 0.4) is 0 Å². The maximum absolute atomic E-state index is 11.0. The minimum Gasteiger partial charge on any atom is -0.383 e. The summed E-state index contributed by atoms with van der Waals surface area (Å²) in [4.78, 5) is 10.7. The molecule has 0 atom stereocenters. The Kier molecular flexibility index (Phi) is 3.74. The van der Waals surface area contributed by atoms with Crippen molar-refractivity contribution in [1.82, 2.24) is 20.2 Å². The first-order valence-electron chi connectivity index (χ1n) is 6.55. The van der Waals surface area contributed by atoms with Crippen LogP contribution in [0.5, 0.6) is 0 Å². The molecule has 1 saturated carbocycles. The van der Waals surface area contributed by atoms with Crippen molar-refractivity contribution in [2.45, 2.75) is 29.8 Å². The van der Waals surface area contributed by atoms with Crippen LogP contribution in [-0.2, 0) is 5.75 Å². The number of nitrogens with zero attached hydrogens (tertiary/aromatic N) is 5. The van der Waals surface area contributed by atoms with E-state index in [1.54, 1.807) is 19.2 Å². The summed E-state index contributed by atoms with van der Waals surface area (Å²) < 4.78 is 1.83. The van der Waals surface area contributed by atoms with E-state index >= 15 is 0 Å². The number of tetrazole rings is 1. The van der Waals surface area contributed by atoms with Gasteiger partial charge in [0.2, 0.25) is 5.16 Å². The number of hydrogen-bond acceptors (Lipinski definition) is 7. The predicted molar refractivity (Wildman–Crippen MR) is 78.3 cm³/mol. The number of nitro groups is 1. The van der Waals surface area contributed by atoms with Crippen LogP contribution in [0.1, 0.15) is 24.4 Å². The molecule has 1 heterocycles. The molecule has 9 heteroatoms. The molecule has 0 saturated heterocycles. The lowest BCUT2D eigenvalue weighted by Gasteiger charge is -2.05. The minimum atomic E-state index is -0.381. The Labute approximate surface area is 125 Å². The molecule has 0 radical (unpaired) electrons. The zero-order valence-electron chi connectivity index (χ0n) is 11.4. The smallest absolute Gasteiger partial charge is 0.292 e. The quantitative estimate of drug-likeness (QED) is 0.496. The molecule has 1 fully saturated rings. The van der Waals surface area contributed by atoms with Gasteiger partial charge >= 0.3 is 0 Å². The summed E-state index contributed by atoms with van der Waals surface area (Å²) in [5.74, 6) is 0.595. The molecule has 1 aliphatic carbocycles. The molecule has 110 valence electrons. The van der Waals surface area contributed by atoms with Crippen LogP contribution in [0.4, 0.5) is 11.4 Å². The fourth-order valence-corrected chi connectivity index (χ4v) is 2.89. The summed E-state index contributed by atoms with van der Waals surface area (Å²) in [6.45, 7) is 0. The molecule has 1 aliphatic rings. The summed E-state index contributed by atoms with van der Waals surface area (Å²) in [5, 5.41) is 26.3. The lowest BCUT2D eigenvalue weighted by atomic mass is 10.2. The Hall–Kier alpha value is -2.16. The third kappa shape index (κ3) is 2.97. The maximum Gasteiger partial charge on any atom is 0.292 e. The SMILES string of the molecule is CNc1ccc(CSc2nnnn2C2CC2)cc1[N+](=O)[O-]. The molecule has 0 unspecified atom stereocenters. The summed E-state index contributed by atoms with van der Waals surface area (Å²) in [6, 6.07) is 5.60. The molecule has 1 aromatic heterocycles. The van der Waals surface area contributed by atoms with Gasteiger partial charge in [0.05, 0.1) is 11.0 Å². The van der Waals surface area contributed by atoms with E-state index in [-0.39, 0.29) is 10.6 Å². The number of anilines is 1. The second-order valence-corrected chi connectivity index (χ2v) is 5.73. The van der Waals surface area contributed by atoms with Crippen molar-refractivity contribution in [2.75, 3.05) is 12.4 Å². The molecule has 0 aliphatic heterocycles. The monoisotopic (exact) mass is 306 g/mol. The van der Waals surface area contributed by atoms with Crippen molar-refractivity contribution < 1.29 is 4.92 Å². The van der Waals surface area contributed by atoms with Crippen molar-refractivity contribution in [3.63, 3.8) is 0 Å². The third-order valence-corrected chi connectivity index (χ3v) is 4.26. The standard InChI is InChI=1S/C12H14N6O2S/c1-13-10-5-2-8(6-11(10)18(19)20)7-21-12-14-15-16-17(12)9-3-4-9/h2,5-6,9,13H,3-4,7H2,1H3. The first kappa shape index (κ1) is 13.8. The van der Waals surface area contributed by atoms with Crippen LogP contribution in [0.25, 0.3) is 0 Å². The topological polar surface area (TPSA) is 98.8 Å². The molecule has 3 rings (SSSR count). The van der Waals surface area contributed by atoms with E-state index < -0.39 is 0 Å². The van der Waals surface area contributed by atoms with Gasteiger partial charge in [0.1, 0.15) is 5.69 Å². The number of hydrogen-bond donors (Lipinski definition) is 1. The number of benzene rings is 1. The number of thioether (sulfide) groups is 1. The highest BCUT2D eigenvalue weighted by molar-refractivity contribution is 7.98. The maximum atomic E-state index is 11.0. The molecule has 1 aromatic carbocycles. The average molecular weight is 306 g/mol. The van der Waals surface area contributed by atoms with Crippen LogP contribution in [0.15, 0.2) is 23.4 Å². The van der Waals surface area contributed by atoms with Crippen molar-refractivity contribution in [3.8, 4) is 0 Å². The van der Waals surface area contributed by atoms with Crippen molar-refractivity contribution >= 4 is 23.1 Å². The lowest BCUT2D eigenvalue weighted by Crippen LogP contribution is -1.99. The van der Waals surface area contributed by atoms with Crippen LogP contribution in [0.2, 0.25) is 0 Å². The Balaban J connectivity index is 1.74. The van der Waals surface area contributed by atoms with E-state index in [0.29, 0.717) is 17.5 Å². The molecule has 2 aromatic rings. The van der Waals surface area contributed by atoms with Crippen molar-refractivity contribution in [3.05, 3.63) is 33.9 Å². The fourth-order valence-electron chi connectivity index (χ4n) is 2.01. The summed E-state index contributed by atoms with van der Waals surface area (Å²) >= 11 is 1.49. The zero-order valence-corrected chi connectivity index (χ0v) is 12.2.